The molecule has 1 amide bonds. The third-order valence-corrected chi connectivity index (χ3v) is 6.86. The molecule has 35 heavy (non-hydrogen) atoms. The van der Waals surface area contributed by atoms with Gasteiger partial charge in [-0.15, -0.1) is 0 Å². The topological polar surface area (TPSA) is 76.1 Å². The van der Waals surface area contributed by atoms with Crippen molar-refractivity contribution in [3.63, 3.8) is 0 Å². The number of carbonyl (C=O) groups excluding carboxylic acids is 2. The summed E-state index contributed by atoms with van der Waals surface area (Å²) in [7, 11) is 1.59. The van der Waals surface area contributed by atoms with Gasteiger partial charge in [-0.1, -0.05) is 46.3 Å². The molecular weight excluding hydrogens is 510 g/mol. The second-order valence-corrected chi connectivity index (χ2v) is 9.10. The van der Waals surface area contributed by atoms with Gasteiger partial charge in [-0.25, -0.2) is 0 Å². The molecule has 1 atom stereocenters. The number of halogens is 1. The van der Waals surface area contributed by atoms with Gasteiger partial charge in [0.15, 0.2) is 0 Å². The Hall–Kier alpha value is -3.58. The standard InChI is InChI=1S/C28H26BrNO5/c1-4-35-22-7-5-6-19(15-22)25-24(26(31)20-10-13-23(29)17(2)14-20)27(32)28(33)30(25)16-18-8-11-21(34-3)12-9-18/h5-15,25,31H,4,16H2,1-3H3/b26-24-. The first kappa shape index (κ1) is 24.5. The second kappa shape index (κ2) is 10.4. The molecule has 1 aliphatic heterocycles. The van der Waals surface area contributed by atoms with Crippen molar-refractivity contribution >= 4 is 33.4 Å². The highest BCUT2D eigenvalue weighted by molar-refractivity contribution is 9.10. The van der Waals surface area contributed by atoms with Gasteiger partial charge in [0, 0.05) is 16.6 Å². The number of aliphatic hydroxyl groups is 1. The highest BCUT2D eigenvalue weighted by atomic mass is 79.9. The van der Waals surface area contributed by atoms with Crippen molar-refractivity contribution in [1.82, 2.24) is 4.90 Å². The molecule has 6 nitrogen and oxygen atoms in total. The number of benzene rings is 3. The molecule has 0 bridgehead atoms. The third kappa shape index (κ3) is 4.95. The number of hydrogen-bond donors (Lipinski definition) is 1. The van der Waals surface area contributed by atoms with Crippen molar-refractivity contribution in [1.29, 1.82) is 0 Å². The molecule has 0 saturated carbocycles. The van der Waals surface area contributed by atoms with Crippen LogP contribution < -0.4 is 9.47 Å². The largest absolute Gasteiger partial charge is 0.507 e. The monoisotopic (exact) mass is 535 g/mol. The average Bonchev–Trinajstić information content (AvgIpc) is 3.11. The fourth-order valence-corrected chi connectivity index (χ4v) is 4.45. The fourth-order valence-electron chi connectivity index (χ4n) is 4.21. The van der Waals surface area contributed by atoms with Gasteiger partial charge in [0.25, 0.3) is 11.7 Å². The Morgan fingerprint density at radius 3 is 2.43 bits per heavy atom. The molecule has 7 heteroatoms. The fraction of sp³-hybridized carbons (Fsp3) is 0.214. The van der Waals surface area contributed by atoms with E-state index in [4.69, 9.17) is 9.47 Å². The van der Waals surface area contributed by atoms with Crippen molar-refractivity contribution in [2.24, 2.45) is 0 Å². The van der Waals surface area contributed by atoms with Crippen LogP contribution in [-0.4, -0.2) is 35.4 Å². The maximum absolute atomic E-state index is 13.3. The molecule has 1 fully saturated rings. The Bertz CT molecular complexity index is 1300. The number of Topliss-reactive ketones (excluding diaryl/α,β-unsaturated/α-hetero) is 1. The van der Waals surface area contributed by atoms with E-state index in [1.807, 2.05) is 50.2 Å². The zero-order valence-electron chi connectivity index (χ0n) is 19.7. The average molecular weight is 536 g/mol. The van der Waals surface area contributed by atoms with Gasteiger partial charge in [-0.2, -0.15) is 0 Å². The Balaban J connectivity index is 1.85. The first-order chi connectivity index (χ1) is 16.8. The van der Waals surface area contributed by atoms with Crippen LogP contribution >= 0.6 is 15.9 Å². The zero-order valence-corrected chi connectivity index (χ0v) is 21.3. The number of likely N-dealkylation sites (tertiary alicyclic amines) is 1. The Morgan fingerprint density at radius 1 is 1.03 bits per heavy atom. The lowest BCUT2D eigenvalue weighted by Gasteiger charge is -2.26. The van der Waals surface area contributed by atoms with Crippen molar-refractivity contribution in [2.75, 3.05) is 13.7 Å². The minimum Gasteiger partial charge on any atom is -0.507 e. The lowest BCUT2D eigenvalue weighted by atomic mass is 9.94. The highest BCUT2D eigenvalue weighted by Gasteiger charge is 2.46. The van der Waals surface area contributed by atoms with Crippen LogP contribution in [0.4, 0.5) is 0 Å². The van der Waals surface area contributed by atoms with Crippen LogP contribution in [0.15, 0.2) is 76.8 Å². The number of methoxy groups -OCH3 is 1. The van der Waals surface area contributed by atoms with Crippen LogP contribution in [0.3, 0.4) is 0 Å². The number of nitrogens with zero attached hydrogens (tertiary/aromatic N) is 1. The molecule has 3 aromatic rings. The first-order valence-corrected chi connectivity index (χ1v) is 12.0. The van der Waals surface area contributed by atoms with E-state index >= 15 is 0 Å². The Labute approximate surface area is 212 Å². The summed E-state index contributed by atoms with van der Waals surface area (Å²) in [4.78, 5) is 28.1. The van der Waals surface area contributed by atoms with E-state index in [2.05, 4.69) is 15.9 Å². The van der Waals surface area contributed by atoms with E-state index in [9.17, 15) is 14.7 Å². The smallest absolute Gasteiger partial charge is 0.295 e. The minimum atomic E-state index is -0.776. The summed E-state index contributed by atoms with van der Waals surface area (Å²) in [6, 6.07) is 19.1. The van der Waals surface area contributed by atoms with E-state index in [1.165, 1.54) is 4.90 Å². The normalized spacial score (nSPS) is 17.0. The van der Waals surface area contributed by atoms with Gasteiger partial charge in [-0.3, -0.25) is 9.59 Å². The lowest BCUT2D eigenvalue weighted by molar-refractivity contribution is -0.140. The van der Waals surface area contributed by atoms with Crippen molar-refractivity contribution in [3.8, 4) is 11.5 Å². The van der Waals surface area contributed by atoms with Crippen LogP contribution in [0.1, 0.15) is 35.2 Å². The number of ketones is 1. The highest BCUT2D eigenvalue weighted by Crippen LogP contribution is 2.41. The third-order valence-electron chi connectivity index (χ3n) is 5.97. The SMILES string of the molecule is CCOc1cccc(C2/C(=C(/O)c3ccc(Br)c(C)c3)C(=O)C(=O)N2Cc2ccc(OC)cc2)c1. The van der Waals surface area contributed by atoms with Gasteiger partial charge in [0.1, 0.15) is 17.3 Å². The van der Waals surface area contributed by atoms with E-state index in [0.717, 1.165) is 15.6 Å². The number of carbonyl (C=O) groups is 2. The van der Waals surface area contributed by atoms with Crippen molar-refractivity contribution in [2.45, 2.75) is 26.4 Å². The molecular formula is C28H26BrNO5. The summed E-state index contributed by atoms with van der Waals surface area (Å²) in [6.07, 6.45) is 0. The van der Waals surface area contributed by atoms with Gasteiger partial charge < -0.3 is 19.5 Å². The van der Waals surface area contributed by atoms with Crippen LogP contribution in [0, 0.1) is 6.92 Å². The number of rotatable bonds is 7. The van der Waals surface area contributed by atoms with Crippen LogP contribution in [0.5, 0.6) is 11.5 Å². The molecule has 0 spiro atoms. The molecule has 1 saturated heterocycles. The quantitative estimate of drug-likeness (QED) is 0.235. The van der Waals surface area contributed by atoms with Crippen molar-refractivity contribution < 1.29 is 24.2 Å². The maximum atomic E-state index is 13.3. The van der Waals surface area contributed by atoms with Gasteiger partial charge in [0.05, 0.1) is 25.3 Å². The summed E-state index contributed by atoms with van der Waals surface area (Å²) >= 11 is 3.46. The predicted octanol–water partition coefficient (Wildman–Crippen LogP) is 5.79. The summed E-state index contributed by atoms with van der Waals surface area (Å²) in [5, 5.41) is 11.3. The van der Waals surface area contributed by atoms with E-state index < -0.39 is 17.7 Å². The van der Waals surface area contributed by atoms with Crippen LogP contribution in [0.2, 0.25) is 0 Å². The summed E-state index contributed by atoms with van der Waals surface area (Å²) in [5.41, 5.74) is 2.94. The molecule has 1 unspecified atom stereocenters. The molecule has 180 valence electrons. The number of aliphatic hydroxyl groups excluding tert-OH is 1. The van der Waals surface area contributed by atoms with Crippen LogP contribution in [-0.2, 0) is 16.1 Å². The summed E-state index contributed by atoms with van der Waals surface area (Å²) in [5.74, 6) is -0.267. The second-order valence-electron chi connectivity index (χ2n) is 8.24. The summed E-state index contributed by atoms with van der Waals surface area (Å²) < 4.78 is 11.8. The number of amides is 1. The summed E-state index contributed by atoms with van der Waals surface area (Å²) in [6.45, 7) is 4.45. The van der Waals surface area contributed by atoms with Gasteiger partial charge in [0.2, 0.25) is 0 Å². The maximum Gasteiger partial charge on any atom is 0.295 e. The molecule has 0 radical (unpaired) electrons. The molecule has 1 N–H and O–H groups in total. The molecule has 1 heterocycles. The van der Waals surface area contributed by atoms with E-state index in [-0.39, 0.29) is 17.9 Å². The van der Waals surface area contributed by atoms with Crippen molar-refractivity contribution in [3.05, 3.63) is 99.0 Å². The minimum absolute atomic E-state index is 0.0545. The Morgan fingerprint density at radius 2 is 1.77 bits per heavy atom. The molecule has 4 rings (SSSR count). The number of hydrogen-bond acceptors (Lipinski definition) is 5. The first-order valence-electron chi connectivity index (χ1n) is 11.2. The molecule has 0 aliphatic carbocycles. The van der Waals surface area contributed by atoms with Gasteiger partial charge >= 0.3 is 0 Å². The van der Waals surface area contributed by atoms with E-state index in [1.54, 1.807) is 37.4 Å². The Kier molecular flexibility index (Phi) is 7.26. The van der Waals surface area contributed by atoms with E-state index in [0.29, 0.717) is 29.2 Å². The van der Waals surface area contributed by atoms with Gasteiger partial charge in [-0.05, 0) is 66.9 Å². The zero-order chi connectivity index (χ0) is 25.1. The number of aryl methyl sites for hydroxylation is 1. The lowest BCUT2D eigenvalue weighted by Crippen LogP contribution is -2.29. The number of ether oxygens (including phenoxy) is 2. The molecule has 0 aromatic heterocycles. The van der Waals surface area contributed by atoms with Crippen LogP contribution in [0.25, 0.3) is 5.76 Å². The predicted molar refractivity (Wildman–Crippen MR) is 137 cm³/mol. The molecule has 1 aliphatic rings. The molecule has 3 aromatic carbocycles.